The number of benzene rings is 3. The van der Waals surface area contributed by atoms with Gasteiger partial charge in [-0.25, -0.2) is 14.6 Å². The number of cyclic esters (lactones) is 1. The standard InChI is InChI=1S/C52H59N7O9/c1-5-36-38-25-35(19-20-43(38)57-46-39(36)28-59-45(46)26-41-40(49(59)62)30-67-50(63)52(41,65)6-2)66-23-11-22-54-51(64)68-29-32-15-17-34(18-16-32)56-48(61)44(14-9-10-21-53-4)58-47(60)31(3)24-33-27-55-42-13-8-7-12-37(33)42/h7-8,12-13,15-20,25-27,31,44,53,55,65H,5-6,9-11,14,21-24,28-30H2,1-4H3,(H,54,64)(H,56,61)(H,58,60)/t31-,44+,52-/m0/s1. The van der Waals surface area contributed by atoms with Crippen LogP contribution in [0.25, 0.3) is 33.2 Å². The van der Waals surface area contributed by atoms with Crippen molar-refractivity contribution in [3.8, 4) is 17.1 Å². The summed E-state index contributed by atoms with van der Waals surface area (Å²) in [5.74, 6) is -0.945. The van der Waals surface area contributed by atoms with Crippen LogP contribution >= 0.6 is 0 Å². The average molecular weight is 926 g/mol. The molecule has 0 saturated carbocycles. The maximum absolute atomic E-state index is 13.7. The van der Waals surface area contributed by atoms with Gasteiger partial charge in [-0.15, -0.1) is 0 Å². The Balaban J connectivity index is 0.797. The minimum atomic E-state index is -1.89. The number of aromatic nitrogens is 3. The van der Waals surface area contributed by atoms with E-state index >= 15 is 0 Å². The number of carbonyl (C=O) groups is 4. The summed E-state index contributed by atoms with van der Waals surface area (Å²) in [6.07, 6.45) is 5.28. The summed E-state index contributed by atoms with van der Waals surface area (Å²) in [6.45, 7) is 7.22. The number of aliphatic hydroxyl groups is 1. The number of pyridine rings is 2. The van der Waals surface area contributed by atoms with Crippen molar-refractivity contribution in [2.24, 2.45) is 5.92 Å². The molecular formula is C52H59N7O9. The highest BCUT2D eigenvalue weighted by molar-refractivity contribution is 5.97. The number of aromatic amines is 1. The number of esters is 1. The molecular weight excluding hydrogens is 867 g/mol. The quantitative estimate of drug-likeness (QED) is 0.0358. The number of hydrogen-bond donors (Lipinski definition) is 6. The lowest BCUT2D eigenvalue weighted by Crippen LogP contribution is -2.46. The summed E-state index contributed by atoms with van der Waals surface area (Å²) >= 11 is 0. The van der Waals surface area contributed by atoms with Crippen LogP contribution in [-0.2, 0) is 62.1 Å². The molecule has 6 aromatic rings. The topological polar surface area (TPSA) is 215 Å². The van der Waals surface area contributed by atoms with Gasteiger partial charge in [-0.1, -0.05) is 51.1 Å². The second kappa shape index (κ2) is 20.9. The number of unbranched alkanes of at least 4 members (excludes halogenated alkanes) is 1. The second-order valence-electron chi connectivity index (χ2n) is 17.6. The summed E-state index contributed by atoms with van der Waals surface area (Å²) in [5.41, 5.74) is 5.62. The van der Waals surface area contributed by atoms with E-state index in [0.717, 1.165) is 63.4 Å². The molecule has 0 fully saturated rings. The Bertz CT molecular complexity index is 2910. The number of aryl methyl sites for hydroxylation is 1. The van der Waals surface area contributed by atoms with Gasteiger partial charge in [0, 0.05) is 51.8 Å². The van der Waals surface area contributed by atoms with Gasteiger partial charge in [-0.2, -0.15) is 0 Å². The number of anilines is 1. The van der Waals surface area contributed by atoms with Crippen molar-refractivity contribution in [3.63, 3.8) is 0 Å². The number of amides is 3. The Labute approximate surface area is 394 Å². The van der Waals surface area contributed by atoms with Gasteiger partial charge in [0.1, 0.15) is 25.0 Å². The number of ether oxygens (including phenoxy) is 3. The van der Waals surface area contributed by atoms with E-state index in [9.17, 15) is 29.1 Å². The predicted molar refractivity (Wildman–Crippen MR) is 258 cm³/mol. The lowest BCUT2D eigenvalue weighted by Gasteiger charge is -2.31. The van der Waals surface area contributed by atoms with Crippen molar-refractivity contribution in [3.05, 3.63) is 123 Å². The zero-order chi connectivity index (χ0) is 48.0. The Morgan fingerprint density at radius 3 is 2.54 bits per heavy atom. The average Bonchev–Trinajstić information content (AvgIpc) is 3.93. The molecule has 0 radical (unpaired) electrons. The van der Waals surface area contributed by atoms with Crippen LogP contribution in [0.4, 0.5) is 10.5 Å². The molecule has 3 aromatic carbocycles. The van der Waals surface area contributed by atoms with E-state index in [2.05, 4.69) is 26.3 Å². The first-order valence-corrected chi connectivity index (χ1v) is 23.5. The number of fused-ring (bicyclic) bond motifs is 6. The molecule has 0 saturated heterocycles. The van der Waals surface area contributed by atoms with Crippen LogP contribution in [0.5, 0.6) is 5.75 Å². The highest BCUT2D eigenvalue weighted by atomic mass is 16.6. The number of hydrogen-bond acceptors (Lipinski definition) is 11. The smallest absolute Gasteiger partial charge is 0.407 e. The fourth-order valence-corrected chi connectivity index (χ4v) is 9.16. The van der Waals surface area contributed by atoms with Crippen molar-refractivity contribution in [1.29, 1.82) is 0 Å². The molecule has 0 spiro atoms. The predicted octanol–water partition coefficient (Wildman–Crippen LogP) is 6.51. The molecule has 0 unspecified atom stereocenters. The van der Waals surface area contributed by atoms with Crippen LogP contribution < -0.4 is 31.6 Å². The van der Waals surface area contributed by atoms with E-state index in [0.29, 0.717) is 68.2 Å². The van der Waals surface area contributed by atoms with Crippen molar-refractivity contribution in [2.45, 2.75) is 97.1 Å². The lowest BCUT2D eigenvalue weighted by molar-refractivity contribution is -0.172. The number of para-hydroxylation sites is 1. The molecule has 3 amide bonds. The number of alkyl carbamates (subject to hydrolysis) is 1. The number of H-pyrrole nitrogens is 1. The van der Waals surface area contributed by atoms with Gasteiger partial charge >= 0.3 is 12.1 Å². The Kier molecular flexibility index (Phi) is 14.6. The Hall–Kier alpha value is -7.04. The molecule has 8 rings (SSSR count). The maximum atomic E-state index is 13.7. The molecule has 68 heavy (non-hydrogen) atoms. The third-order valence-corrected chi connectivity index (χ3v) is 13.0. The second-order valence-corrected chi connectivity index (χ2v) is 17.6. The first-order chi connectivity index (χ1) is 32.9. The largest absolute Gasteiger partial charge is 0.494 e. The zero-order valence-electron chi connectivity index (χ0n) is 39.0. The van der Waals surface area contributed by atoms with Gasteiger partial charge in [0.25, 0.3) is 5.56 Å². The van der Waals surface area contributed by atoms with E-state index < -0.39 is 23.7 Å². The summed E-state index contributed by atoms with van der Waals surface area (Å²) in [4.78, 5) is 73.9. The third kappa shape index (κ3) is 9.97. The lowest BCUT2D eigenvalue weighted by atomic mass is 9.86. The molecule has 0 aliphatic carbocycles. The van der Waals surface area contributed by atoms with Crippen LogP contribution in [0.2, 0.25) is 0 Å². The zero-order valence-corrected chi connectivity index (χ0v) is 39.0. The Morgan fingerprint density at radius 2 is 1.76 bits per heavy atom. The summed E-state index contributed by atoms with van der Waals surface area (Å²) in [6, 6.07) is 21.7. The van der Waals surface area contributed by atoms with Crippen LogP contribution in [0.3, 0.4) is 0 Å². The summed E-state index contributed by atoms with van der Waals surface area (Å²) in [5, 5.41) is 25.0. The summed E-state index contributed by atoms with van der Waals surface area (Å²) < 4.78 is 18.4. The fraction of sp³-hybridized carbons (Fsp3) is 0.385. The van der Waals surface area contributed by atoms with E-state index in [1.807, 2.05) is 69.6 Å². The molecule has 356 valence electrons. The Morgan fingerprint density at radius 1 is 0.956 bits per heavy atom. The monoisotopic (exact) mass is 925 g/mol. The van der Waals surface area contributed by atoms with Gasteiger partial charge in [-0.05, 0) is 118 Å². The van der Waals surface area contributed by atoms with Gasteiger partial charge in [0.15, 0.2) is 5.60 Å². The van der Waals surface area contributed by atoms with Crippen LogP contribution in [0.1, 0.15) is 86.3 Å². The molecule has 3 aromatic heterocycles. The van der Waals surface area contributed by atoms with Gasteiger partial charge in [0.05, 0.1) is 35.6 Å². The number of nitrogens with one attached hydrogen (secondary N) is 5. The molecule has 2 aliphatic rings. The van der Waals surface area contributed by atoms with Gasteiger partial charge in [0.2, 0.25) is 11.8 Å². The van der Waals surface area contributed by atoms with E-state index in [1.165, 1.54) is 0 Å². The first kappa shape index (κ1) is 47.5. The minimum Gasteiger partial charge on any atom is -0.494 e. The van der Waals surface area contributed by atoms with Gasteiger partial charge in [-0.3, -0.25) is 14.4 Å². The minimum absolute atomic E-state index is 0.0285. The highest BCUT2D eigenvalue weighted by Crippen LogP contribution is 2.41. The van der Waals surface area contributed by atoms with Crippen molar-refractivity contribution in [2.75, 3.05) is 32.1 Å². The molecule has 6 N–H and O–H groups in total. The van der Waals surface area contributed by atoms with Crippen molar-refractivity contribution >= 4 is 51.4 Å². The molecule has 5 heterocycles. The van der Waals surface area contributed by atoms with E-state index in [-0.39, 0.29) is 54.1 Å². The molecule has 2 aliphatic heterocycles. The van der Waals surface area contributed by atoms with E-state index in [1.54, 1.807) is 41.8 Å². The third-order valence-electron chi connectivity index (χ3n) is 13.0. The first-order valence-electron chi connectivity index (χ1n) is 23.5. The molecule has 0 bridgehead atoms. The van der Waals surface area contributed by atoms with Crippen LogP contribution in [0.15, 0.2) is 83.8 Å². The molecule has 3 atom stereocenters. The van der Waals surface area contributed by atoms with Crippen molar-refractivity contribution < 1.29 is 38.5 Å². The highest BCUT2D eigenvalue weighted by Gasteiger charge is 2.45. The number of carbonyl (C=O) groups excluding carboxylic acids is 4. The molecule has 16 heteroatoms. The van der Waals surface area contributed by atoms with E-state index in [4.69, 9.17) is 19.2 Å². The van der Waals surface area contributed by atoms with Crippen LogP contribution in [-0.4, -0.2) is 76.3 Å². The SMILES string of the molecule is CCc1c2c(nc3ccc(OCCCNC(=O)OCc4ccc(NC(=O)[C@@H](CCCCNC)NC(=O)[C@@H](C)Cc5c[nH]c6ccccc56)cc4)cc13)-c1cc3c(c(=O)n1C2)COC(=O)[C@]3(O)CC. The van der Waals surface area contributed by atoms with Gasteiger partial charge < -0.3 is 50.1 Å². The van der Waals surface area contributed by atoms with Crippen LogP contribution in [0, 0.1) is 5.92 Å². The number of nitrogens with zero attached hydrogens (tertiary/aromatic N) is 2. The maximum Gasteiger partial charge on any atom is 0.407 e. The normalized spacial score (nSPS) is 15.8. The van der Waals surface area contributed by atoms with Crippen molar-refractivity contribution in [1.82, 2.24) is 30.5 Å². The summed E-state index contributed by atoms with van der Waals surface area (Å²) in [7, 11) is 1.88. The number of rotatable bonds is 20. The molecule has 16 nitrogen and oxygen atoms in total. The fourth-order valence-electron chi connectivity index (χ4n) is 9.16.